The van der Waals surface area contributed by atoms with Crippen LogP contribution in [0.3, 0.4) is 0 Å². The standard InChI is InChI=1S/C17H27NO2/c1-4-19-14-9-13(10-14)11-16(18)15-8-12(3)6-7-17(15)20-5-2/h6-8,13-14,16H,4-5,9-11,18H2,1-3H3. The number of hydrogen-bond donors (Lipinski definition) is 1. The van der Waals surface area contributed by atoms with Crippen LogP contribution < -0.4 is 10.5 Å². The normalized spacial score (nSPS) is 23.2. The quantitative estimate of drug-likeness (QED) is 0.828. The lowest BCUT2D eigenvalue weighted by molar-refractivity contribution is -0.0282. The van der Waals surface area contributed by atoms with Crippen LogP contribution in [0.4, 0.5) is 0 Å². The van der Waals surface area contributed by atoms with Gasteiger partial charge in [0, 0.05) is 18.2 Å². The van der Waals surface area contributed by atoms with E-state index >= 15 is 0 Å². The fraction of sp³-hybridized carbons (Fsp3) is 0.647. The summed E-state index contributed by atoms with van der Waals surface area (Å²) in [5.74, 6) is 1.63. The number of rotatable bonds is 7. The van der Waals surface area contributed by atoms with E-state index in [4.69, 9.17) is 15.2 Å². The van der Waals surface area contributed by atoms with E-state index in [-0.39, 0.29) is 6.04 Å². The first kappa shape index (κ1) is 15.3. The summed E-state index contributed by atoms with van der Waals surface area (Å²) in [5, 5.41) is 0. The number of benzene rings is 1. The van der Waals surface area contributed by atoms with Gasteiger partial charge in [0.15, 0.2) is 0 Å². The van der Waals surface area contributed by atoms with E-state index in [0.29, 0.717) is 18.6 Å². The van der Waals surface area contributed by atoms with Crippen molar-refractivity contribution in [1.82, 2.24) is 0 Å². The zero-order valence-corrected chi connectivity index (χ0v) is 12.9. The molecule has 1 unspecified atom stereocenters. The summed E-state index contributed by atoms with van der Waals surface area (Å²) in [5.41, 5.74) is 8.78. The van der Waals surface area contributed by atoms with Crippen LogP contribution in [0.25, 0.3) is 0 Å². The highest BCUT2D eigenvalue weighted by atomic mass is 16.5. The number of nitrogens with two attached hydrogens (primary N) is 1. The lowest BCUT2D eigenvalue weighted by Gasteiger charge is -2.36. The smallest absolute Gasteiger partial charge is 0.124 e. The van der Waals surface area contributed by atoms with Gasteiger partial charge in [-0.05, 0) is 52.0 Å². The van der Waals surface area contributed by atoms with Crippen LogP contribution in [0.2, 0.25) is 0 Å². The monoisotopic (exact) mass is 277 g/mol. The molecular formula is C17H27NO2. The van der Waals surface area contributed by atoms with Crippen LogP contribution in [0, 0.1) is 12.8 Å². The maximum atomic E-state index is 6.40. The average Bonchev–Trinajstić information content (AvgIpc) is 2.38. The molecule has 1 atom stereocenters. The van der Waals surface area contributed by atoms with Crippen LogP contribution in [-0.2, 0) is 4.74 Å². The first-order valence-corrected chi connectivity index (χ1v) is 7.74. The van der Waals surface area contributed by atoms with E-state index in [9.17, 15) is 0 Å². The summed E-state index contributed by atoms with van der Waals surface area (Å²) in [6.45, 7) is 7.66. The highest BCUT2D eigenvalue weighted by Crippen LogP contribution is 2.38. The Balaban J connectivity index is 1.95. The predicted octanol–water partition coefficient (Wildman–Crippen LogP) is 3.60. The molecular weight excluding hydrogens is 250 g/mol. The highest BCUT2D eigenvalue weighted by Gasteiger charge is 2.31. The number of ether oxygens (including phenoxy) is 2. The Labute approximate surface area is 122 Å². The minimum atomic E-state index is 0.0593. The topological polar surface area (TPSA) is 44.5 Å². The Morgan fingerprint density at radius 2 is 2.00 bits per heavy atom. The van der Waals surface area contributed by atoms with Gasteiger partial charge in [0.1, 0.15) is 5.75 Å². The van der Waals surface area contributed by atoms with Gasteiger partial charge >= 0.3 is 0 Å². The zero-order valence-electron chi connectivity index (χ0n) is 12.9. The Hall–Kier alpha value is -1.06. The van der Waals surface area contributed by atoms with Gasteiger partial charge in [-0.15, -0.1) is 0 Å². The van der Waals surface area contributed by atoms with Gasteiger partial charge in [-0.1, -0.05) is 17.7 Å². The molecule has 1 aliphatic carbocycles. The first-order chi connectivity index (χ1) is 9.63. The molecule has 3 nitrogen and oxygen atoms in total. The molecule has 2 rings (SSSR count). The van der Waals surface area contributed by atoms with Gasteiger partial charge in [-0.3, -0.25) is 0 Å². The molecule has 3 heteroatoms. The summed E-state index contributed by atoms with van der Waals surface area (Å²) in [4.78, 5) is 0. The maximum absolute atomic E-state index is 6.40. The van der Waals surface area contributed by atoms with Gasteiger partial charge in [0.05, 0.1) is 12.7 Å². The van der Waals surface area contributed by atoms with Crippen molar-refractivity contribution in [3.63, 3.8) is 0 Å². The molecule has 20 heavy (non-hydrogen) atoms. The Morgan fingerprint density at radius 1 is 1.25 bits per heavy atom. The van der Waals surface area contributed by atoms with Crippen molar-refractivity contribution in [3.8, 4) is 5.75 Å². The third-order valence-electron chi connectivity index (χ3n) is 4.05. The molecule has 1 aromatic carbocycles. The van der Waals surface area contributed by atoms with E-state index in [0.717, 1.165) is 37.2 Å². The van der Waals surface area contributed by atoms with E-state index in [1.165, 1.54) is 5.56 Å². The SMILES string of the molecule is CCOc1ccc(C)cc1C(N)CC1CC(OCC)C1. The molecule has 112 valence electrons. The lowest BCUT2D eigenvalue weighted by Crippen LogP contribution is -2.33. The summed E-state index contributed by atoms with van der Waals surface area (Å²) in [7, 11) is 0. The van der Waals surface area contributed by atoms with Crippen LogP contribution in [-0.4, -0.2) is 19.3 Å². The van der Waals surface area contributed by atoms with E-state index in [1.807, 2.05) is 13.0 Å². The fourth-order valence-electron chi connectivity index (χ4n) is 2.97. The van der Waals surface area contributed by atoms with Crippen molar-refractivity contribution < 1.29 is 9.47 Å². The largest absolute Gasteiger partial charge is 0.494 e. The molecule has 0 radical (unpaired) electrons. The van der Waals surface area contributed by atoms with Crippen molar-refractivity contribution >= 4 is 0 Å². The maximum Gasteiger partial charge on any atom is 0.124 e. The Bertz CT molecular complexity index is 427. The van der Waals surface area contributed by atoms with Crippen molar-refractivity contribution in [3.05, 3.63) is 29.3 Å². The molecule has 1 aromatic rings. The van der Waals surface area contributed by atoms with Crippen LogP contribution in [0.15, 0.2) is 18.2 Å². The second kappa shape index (κ2) is 7.09. The van der Waals surface area contributed by atoms with E-state index < -0.39 is 0 Å². The highest BCUT2D eigenvalue weighted by molar-refractivity contribution is 5.39. The second-order valence-corrected chi connectivity index (χ2v) is 5.73. The van der Waals surface area contributed by atoms with E-state index in [2.05, 4.69) is 26.0 Å². The first-order valence-electron chi connectivity index (χ1n) is 7.74. The number of aryl methyl sites for hydroxylation is 1. The van der Waals surface area contributed by atoms with Crippen LogP contribution in [0.5, 0.6) is 5.75 Å². The molecule has 1 aliphatic rings. The molecule has 0 spiro atoms. The Kier molecular flexibility index (Phi) is 5.44. The zero-order chi connectivity index (χ0) is 14.5. The van der Waals surface area contributed by atoms with Crippen LogP contribution in [0.1, 0.15) is 50.3 Å². The fourth-order valence-corrected chi connectivity index (χ4v) is 2.97. The molecule has 0 heterocycles. The molecule has 0 saturated heterocycles. The van der Waals surface area contributed by atoms with Gasteiger partial charge in [-0.2, -0.15) is 0 Å². The van der Waals surface area contributed by atoms with Gasteiger partial charge < -0.3 is 15.2 Å². The lowest BCUT2D eigenvalue weighted by atomic mass is 9.77. The Morgan fingerprint density at radius 3 is 2.65 bits per heavy atom. The van der Waals surface area contributed by atoms with Gasteiger partial charge in [0.2, 0.25) is 0 Å². The minimum absolute atomic E-state index is 0.0593. The molecule has 1 fully saturated rings. The summed E-state index contributed by atoms with van der Waals surface area (Å²) in [6, 6.07) is 6.34. The molecule has 0 bridgehead atoms. The second-order valence-electron chi connectivity index (χ2n) is 5.73. The molecule has 2 N–H and O–H groups in total. The number of hydrogen-bond acceptors (Lipinski definition) is 3. The summed E-state index contributed by atoms with van der Waals surface area (Å²) in [6.07, 6.45) is 3.78. The average molecular weight is 277 g/mol. The third-order valence-corrected chi connectivity index (χ3v) is 4.05. The molecule has 0 amide bonds. The van der Waals surface area contributed by atoms with Crippen molar-refractivity contribution in [2.75, 3.05) is 13.2 Å². The third kappa shape index (κ3) is 3.74. The van der Waals surface area contributed by atoms with Crippen molar-refractivity contribution in [2.45, 2.75) is 52.2 Å². The minimum Gasteiger partial charge on any atom is -0.494 e. The van der Waals surface area contributed by atoms with Crippen molar-refractivity contribution in [1.29, 1.82) is 0 Å². The van der Waals surface area contributed by atoms with Crippen LogP contribution >= 0.6 is 0 Å². The molecule has 0 aromatic heterocycles. The van der Waals surface area contributed by atoms with Gasteiger partial charge in [-0.25, -0.2) is 0 Å². The summed E-state index contributed by atoms with van der Waals surface area (Å²) < 4.78 is 11.3. The molecule has 1 saturated carbocycles. The predicted molar refractivity (Wildman–Crippen MR) is 82.0 cm³/mol. The summed E-state index contributed by atoms with van der Waals surface area (Å²) >= 11 is 0. The van der Waals surface area contributed by atoms with Crippen molar-refractivity contribution in [2.24, 2.45) is 11.7 Å². The van der Waals surface area contributed by atoms with E-state index in [1.54, 1.807) is 0 Å². The molecule has 0 aliphatic heterocycles. The van der Waals surface area contributed by atoms with Gasteiger partial charge in [0.25, 0.3) is 0 Å².